The Morgan fingerprint density at radius 2 is 1.39 bits per heavy atom. The fraction of sp³-hybridized carbons (Fsp3) is 0.455. The molecule has 7 heteroatoms. The number of aryl methyl sites for hydroxylation is 2. The third-order valence-corrected chi connectivity index (χ3v) is 2.55. The zero-order valence-corrected chi connectivity index (χ0v) is 9.45. The van der Waals surface area contributed by atoms with Crippen LogP contribution in [0.4, 0.5) is 26.3 Å². The van der Waals surface area contributed by atoms with Crippen molar-refractivity contribution in [1.82, 2.24) is 0 Å². The number of halogens is 6. The highest BCUT2D eigenvalue weighted by Gasteiger charge is 2.63. The van der Waals surface area contributed by atoms with E-state index < -0.39 is 29.6 Å². The quantitative estimate of drug-likeness (QED) is 0.814. The summed E-state index contributed by atoms with van der Waals surface area (Å²) >= 11 is 0. The molecule has 0 aromatic heterocycles. The lowest BCUT2D eigenvalue weighted by molar-refractivity contribution is -0.315. The zero-order chi connectivity index (χ0) is 14.3. The number of alkyl halides is 5. The van der Waals surface area contributed by atoms with E-state index in [1.807, 2.05) is 0 Å². The van der Waals surface area contributed by atoms with Gasteiger partial charge in [0.2, 0.25) is 0 Å². The molecule has 0 radical (unpaired) electrons. The van der Waals surface area contributed by atoms with Crippen molar-refractivity contribution >= 4 is 0 Å². The summed E-state index contributed by atoms with van der Waals surface area (Å²) in [6.45, 7) is 2.31. The second kappa shape index (κ2) is 4.46. The van der Waals surface area contributed by atoms with Crippen LogP contribution in [0.25, 0.3) is 0 Å². The van der Waals surface area contributed by atoms with E-state index in [0.717, 1.165) is 26.0 Å². The standard InChI is InChI=1S/C11H10F6O/c1-5-3-7(12)4-6(2)8(5)9(18)10(13,14)11(15,16)17/h3-4,9,18H,1-2H3. The minimum Gasteiger partial charge on any atom is -0.382 e. The smallest absolute Gasteiger partial charge is 0.382 e. The lowest BCUT2D eigenvalue weighted by atomic mass is 9.94. The Hall–Kier alpha value is -1.24. The summed E-state index contributed by atoms with van der Waals surface area (Å²) in [5.41, 5.74) is -0.938. The minimum atomic E-state index is -5.88. The first-order valence-electron chi connectivity index (χ1n) is 4.87. The van der Waals surface area contributed by atoms with Gasteiger partial charge in [-0.3, -0.25) is 0 Å². The largest absolute Gasteiger partial charge is 0.456 e. The SMILES string of the molecule is Cc1cc(F)cc(C)c1C(O)C(F)(F)C(F)(F)F. The minimum absolute atomic E-state index is 0.163. The Kier molecular flexibility index (Phi) is 3.67. The van der Waals surface area contributed by atoms with E-state index in [1.165, 1.54) is 0 Å². The van der Waals surface area contributed by atoms with E-state index in [9.17, 15) is 31.4 Å². The van der Waals surface area contributed by atoms with E-state index in [-0.39, 0.29) is 11.1 Å². The molecular formula is C11H10F6O. The molecule has 0 spiro atoms. The van der Waals surface area contributed by atoms with Crippen LogP contribution in [0.1, 0.15) is 22.8 Å². The maximum absolute atomic E-state index is 13.0. The Morgan fingerprint density at radius 3 is 1.72 bits per heavy atom. The molecule has 0 aliphatic heterocycles. The monoisotopic (exact) mass is 272 g/mol. The predicted octanol–water partition coefficient (Wildman–Crippen LogP) is 3.67. The van der Waals surface area contributed by atoms with Gasteiger partial charge in [-0.05, 0) is 42.7 Å². The highest BCUT2D eigenvalue weighted by atomic mass is 19.4. The Balaban J connectivity index is 3.32. The number of benzene rings is 1. The van der Waals surface area contributed by atoms with Gasteiger partial charge >= 0.3 is 12.1 Å². The molecule has 0 amide bonds. The van der Waals surface area contributed by atoms with E-state index in [0.29, 0.717) is 0 Å². The molecule has 0 saturated heterocycles. The third-order valence-electron chi connectivity index (χ3n) is 2.55. The maximum atomic E-state index is 13.0. The Bertz CT molecular complexity index is 428. The summed E-state index contributed by atoms with van der Waals surface area (Å²) in [4.78, 5) is 0. The van der Waals surface area contributed by atoms with Gasteiger partial charge in [-0.25, -0.2) is 4.39 Å². The second-order valence-electron chi connectivity index (χ2n) is 3.98. The molecule has 102 valence electrons. The van der Waals surface area contributed by atoms with E-state index in [2.05, 4.69) is 0 Å². The van der Waals surface area contributed by atoms with Crippen molar-refractivity contribution in [3.63, 3.8) is 0 Å². The highest BCUT2D eigenvalue weighted by molar-refractivity contribution is 5.37. The number of rotatable bonds is 2. The molecule has 0 saturated carbocycles. The molecule has 0 bridgehead atoms. The van der Waals surface area contributed by atoms with Crippen molar-refractivity contribution in [2.45, 2.75) is 32.1 Å². The second-order valence-corrected chi connectivity index (χ2v) is 3.98. The lowest BCUT2D eigenvalue weighted by Gasteiger charge is -2.27. The van der Waals surface area contributed by atoms with Gasteiger partial charge in [0, 0.05) is 0 Å². The first kappa shape index (κ1) is 14.8. The number of aliphatic hydroxyl groups excluding tert-OH is 1. The summed E-state index contributed by atoms with van der Waals surface area (Å²) in [6, 6.07) is 1.58. The van der Waals surface area contributed by atoms with Gasteiger partial charge in [0.05, 0.1) is 0 Å². The molecular weight excluding hydrogens is 262 g/mol. The van der Waals surface area contributed by atoms with Crippen LogP contribution in [0.2, 0.25) is 0 Å². The molecule has 1 atom stereocenters. The average molecular weight is 272 g/mol. The van der Waals surface area contributed by atoms with Gasteiger partial charge < -0.3 is 5.11 Å². The van der Waals surface area contributed by atoms with Crippen LogP contribution >= 0.6 is 0 Å². The van der Waals surface area contributed by atoms with Crippen molar-refractivity contribution in [1.29, 1.82) is 0 Å². The maximum Gasteiger partial charge on any atom is 0.456 e. The zero-order valence-electron chi connectivity index (χ0n) is 9.45. The van der Waals surface area contributed by atoms with Gasteiger partial charge in [0.15, 0.2) is 6.10 Å². The predicted molar refractivity (Wildman–Crippen MR) is 51.8 cm³/mol. The van der Waals surface area contributed by atoms with Crippen LogP contribution < -0.4 is 0 Å². The summed E-state index contributed by atoms with van der Waals surface area (Å²) in [6.07, 6.45) is -8.93. The Labute approximate surface area is 99.0 Å². The van der Waals surface area contributed by atoms with Crippen LogP contribution in [0.3, 0.4) is 0 Å². The first-order valence-corrected chi connectivity index (χ1v) is 4.87. The van der Waals surface area contributed by atoms with E-state index in [1.54, 1.807) is 0 Å². The third kappa shape index (κ3) is 2.45. The summed E-state index contributed by atoms with van der Waals surface area (Å²) in [5.74, 6) is -6.06. The van der Waals surface area contributed by atoms with Crippen LogP contribution in [0.15, 0.2) is 12.1 Å². The average Bonchev–Trinajstić information content (AvgIpc) is 2.13. The van der Waals surface area contributed by atoms with Crippen LogP contribution in [0.5, 0.6) is 0 Å². The fourth-order valence-corrected chi connectivity index (χ4v) is 1.69. The van der Waals surface area contributed by atoms with Gasteiger partial charge in [-0.15, -0.1) is 0 Å². The molecule has 1 N–H and O–H groups in total. The number of hydrogen-bond donors (Lipinski definition) is 1. The van der Waals surface area contributed by atoms with Gasteiger partial charge in [-0.1, -0.05) is 0 Å². The molecule has 1 unspecified atom stereocenters. The molecule has 0 aliphatic carbocycles. The first-order chi connectivity index (χ1) is 7.98. The lowest BCUT2D eigenvalue weighted by Crippen LogP contribution is -2.42. The van der Waals surface area contributed by atoms with Gasteiger partial charge in [0.1, 0.15) is 5.82 Å². The molecule has 1 aromatic rings. The van der Waals surface area contributed by atoms with E-state index >= 15 is 0 Å². The van der Waals surface area contributed by atoms with Crippen molar-refractivity contribution in [3.8, 4) is 0 Å². The molecule has 1 nitrogen and oxygen atoms in total. The van der Waals surface area contributed by atoms with E-state index in [4.69, 9.17) is 0 Å². The topological polar surface area (TPSA) is 20.2 Å². The number of aliphatic hydroxyl groups is 1. The summed E-state index contributed by atoms with van der Waals surface area (Å²) in [5, 5.41) is 9.24. The Morgan fingerprint density at radius 1 is 1.00 bits per heavy atom. The van der Waals surface area contributed by atoms with Crippen molar-refractivity contribution in [2.24, 2.45) is 0 Å². The molecule has 0 heterocycles. The molecule has 18 heavy (non-hydrogen) atoms. The normalized spacial score (nSPS) is 14.7. The molecule has 1 rings (SSSR count). The summed E-state index contributed by atoms with van der Waals surface area (Å²) < 4.78 is 75.3. The molecule has 0 fully saturated rings. The van der Waals surface area contributed by atoms with Gasteiger partial charge in [-0.2, -0.15) is 22.0 Å². The molecule has 1 aromatic carbocycles. The van der Waals surface area contributed by atoms with Gasteiger partial charge in [0.25, 0.3) is 0 Å². The van der Waals surface area contributed by atoms with Crippen LogP contribution in [-0.4, -0.2) is 17.2 Å². The van der Waals surface area contributed by atoms with Crippen LogP contribution in [0, 0.1) is 19.7 Å². The molecule has 0 aliphatic rings. The number of hydrogen-bond acceptors (Lipinski definition) is 1. The van der Waals surface area contributed by atoms with Crippen molar-refractivity contribution < 1.29 is 31.4 Å². The van der Waals surface area contributed by atoms with Crippen LogP contribution in [-0.2, 0) is 0 Å². The van der Waals surface area contributed by atoms with Crippen molar-refractivity contribution in [2.75, 3.05) is 0 Å². The highest BCUT2D eigenvalue weighted by Crippen LogP contribution is 2.45. The summed E-state index contributed by atoms with van der Waals surface area (Å²) in [7, 11) is 0. The fourth-order valence-electron chi connectivity index (χ4n) is 1.69. The van der Waals surface area contributed by atoms with Crippen molar-refractivity contribution in [3.05, 3.63) is 34.6 Å².